The van der Waals surface area contributed by atoms with Crippen molar-refractivity contribution in [2.24, 2.45) is 23.2 Å². The quantitative estimate of drug-likeness (QED) is 0.174. The summed E-state index contributed by atoms with van der Waals surface area (Å²) >= 11 is 12.8. The summed E-state index contributed by atoms with van der Waals surface area (Å²) in [6.45, 7) is 1.67. The van der Waals surface area contributed by atoms with Gasteiger partial charge in [0, 0.05) is 24.2 Å². The molecule has 5 fully saturated rings. The number of ether oxygens (including phenoxy) is 3. The second-order valence-corrected chi connectivity index (χ2v) is 17.1. The van der Waals surface area contributed by atoms with Gasteiger partial charge in [0.1, 0.15) is 24.1 Å². The maximum atomic E-state index is 13.6. The summed E-state index contributed by atoms with van der Waals surface area (Å²) in [6, 6.07) is 12.3. The van der Waals surface area contributed by atoms with E-state index in [0.29, 0.717) is 57.9 Å². The van der Waals surface area contributed by atoms with Crippen LogP contribution in [0.15, 0.2) is 66.1 Å². The van der Waals surface area contributed by atoms with E-state index < -0.39 is 48.9 Å². The Kier molecular flexibility index (Phi) is 8.66. The van der Waals surface area contributed by atoms with Gasteiger partial charge >= 0.3 is 19.5 Å². The van der Waals surface area contributed by atoms with Crippen LogP contribution in [0.4, 0.5) is 11.4 Å². The highest BCUT2D eigenvalue weighted by molar-refractivity contribution is 7.52. The van der Waals surface area contributed by atoms with E-state index in [2.05, 4.69) is 16.3 Å². The van der Waals surface area contributed by atoms with Gasteiger partial charge in [0.15, 0.2) is 5.76 Å². The molecular formula is C36H39Cl2N2O9P. The van der Waals surface area contributed by atoms with E-state index >= 15 is 0 Å². The zero-order chi connectivity index (χ0) is 35.0. The summed E-state index contributed by atoms with van der Waals surface area (Å²) in [5.41, 5.74) is -0.198. The van der Waals surface area contributed by atoms with Gasteiger partial charge in [0.05, 0.1) is 33.2 Å². The first kappa shape index (κ1) is 34.2. The molecule has 3 saturated carbocycles. The number of anilines is 2. The summed E-state index contributed by atoms with van der Waals surface area (Å²) in [6.07, 6.45) is 5.38. The van der Waals surface area contributed by atoms with E-state index in [-0.39, 0.29) is 36.5 Å². The number of hydrogen-bond donors (Lipinski definition) is 4. The van der Waals surface area contributed by atoms with Crippen LogP contribution in [0.25, 0.3) is 0 Å². The molecule has 4 aliphatic carbocycles. The molecule has 8 rings (SSSR count). The summed E-state index contributed by atoms with van der Waals surface area (Å²) in [5.74, 6) is -0.543. The SMILES string of the molecule is O=C(Cc1ccccc1Nc1c(Cl)cccc1Cl)OC1=C2OC3C(OC(=O)CP(=O)(O)O)CC[C@@]4(O)C5CC(C=C1)C2C34CCN5CC1CC1. The minimum Gasteiger partial charge on any atom is -0.486 e. The molecule has 2 aliphatic heterocycles. The second kappa shape index (κ2) is 12.7. The number of carbonyl (C=O) groups is 2. The van der Waals surface area contributed by atoms with Gasteiger partial charge in [0.25, 0.3) is 0 Å². The number of allylic oxidation sites excluding steroid dienone is 3. The third kappa shape index (κ3) is 5.89. The number of nitrogens with zero attached hydrogens (tertiary/aromatic N) is 1. The van der Waals surface area contributed by atoms with E-state index in [1.54, 1.807) is 24.3 Å². The fourth-order valence-electron chi connectivity index (χ4n) is 9.47. The molecule has 0 aromatic heterocycles. The van der Waals surface area contributed by atoms with Gasteiger partial charge in [-0.2, -0.15) is 0 Å². The average molecular weight is 746 g/mol. The lowest BCUT2D eigenvalue weighted by Gasteiger charge is -2.66. The van der Waals surface area contributed by atoms with E-state index in [1.165, 1.54) is 12.8 Å². The molecule has 11 nitrogen and oxygen atoms in total. The van der Waals surface area contributed by atoms with Crippen LogP contribution in [0.3, 0.4) is 0 Å². The number of rotatable bonds is 10. The summed E-state index contributed by atoms with van der Waals surface area (Å²) < 4.78 is 30.1. The minimum atomic E-state index is -4.66. The fourth-order valence-corrected chi connectivity index (χ4v) is 10.4. The largest absolute Gasteiger partial charge is 0.486 e. The number of benzene rings is 2. The number of halogens is 2. The molecule has 14 heteroatoms. The molecule has 6 aliphatic rings. The first-order valence-electron chi connectivity index (χ1n) is 17.2. The molecule has 6 unspecified atom stereocenters. The molecule has 2 saturated heterocycles. The number of aliphatic hydroxyl groups is 1. The average Bonchev–Trinajstić information content (AvgIpc) is 3.79. The zero-order valence-electron chi connectivity index (χ0n) is 27.2. The number of hydrogen-bond acceptors (Lipinski definition) is 9. The van der Waals surface area contributed by atoms with Crippen molar-refractivity contribution in [3.63, 3.8) is 0 Å². The van der Waals surface area contributed by atoms with Crippen LogP contribution in [-0.4, -0.2) is 74.8 Å². The Morgan fingerprint density at radius 2 is 1.80 bits per heavy atom. The molecule has 0 amide bonds. The summed E-state index contributed by atoms with van der Waals surface area (Å²) in [4.78, 5) is 47.7. The molecule has 50 heavy (non-hydrogen) atoms. The Morgan fingerprint density at radius 1 is 1.04 bits per heavy atom. The van der Waals surface area contributed by atoms with Crippen LogP contribution in [-0.2, 0) is 34.8 Å². The Hall–Kier alpha value is -2.89. The van der Waals surface area contributed by atoms with Crippen molar-refractivity contribution in [2.45, 2.75) is 68.8 Å². The number of nitrogens with one attached hydrogen (secondary N) is 1. The molecule has 2 aromatic rings. The van der Waals surface area contributed by atoms with Gasteiger partial charge < -0.3 is 34.4 Å². The molecule has 266 valence electrons. The maximum Gasteiger partial charge on any atom is 0.336 e. The van der Waals surface area contributed by atoms with Crippen molar-refractivity contribution in [2.75, 3.05) is 24.6 Å². The lowest BCUT2D eigenvalue weighted by atomic mass is 9.44. The predicted octanol–water partition coefficient (Wildman–Crippen LogP) is 5.72. The molecule has 1 spiro atoms. The van der Waals surface area contributed by atoms with Gasteiger partial charge in [-0.05, 0) is 86.7 Å². The summed E-state index contributed by atoms with van der Waals surface area (Å²) in [7, 11) is -4.66. The topological polar surface area (TPSA) is 155 Å². The van der Waals surface area contributed by atoms with E-state index in [9.17, 15) is 29.0 Å². The lowest BCUT2D eigenvalue weighted by Crippen LogP contribution is -2.77. The number of para-hydroxylation sites is 2. The molecule has 7 atom stereocenters. The minimum absolute atomic E-state index is 0.0143. The smallest absolute Gasteiger partial charge is 0.336 e. The van der Waals surface area contributed by atoms with Crippen LogP contribution in [0.2, 0.25) is 10.0 Å². The first-order chi connectivity index (χ1) is 23.9. The molecular weight excluding hydrogens is 706 g/mol. The van der Waals surface area contributed by atoms with Crippen LogP contribution in [0.5, 0.6) is 0 Å². The molecule has 2 heterocycles. The standard InChI is InChI=1S/C36H39Cl2N2O9P/c37-23-5-3-6-24(38)32(23)39-25-7-2-1-4-21(25)17-29(41)47-26-11-10-22-16-28-36(43)13-12-27(48-30(42)19-50(44,45)46)34-35(36,31(22)33(26)49-34)14-15-40(28)18-20-8-9-20/h1-7,10-11,20,22,27-28,31,34,39,43H,8-9,12-19H2,(H2,44,45,46)/t22?,27?,28?,31?,34?,35?,36-/m1/s1. The Bertz CT molecular complexity index is 1820. The number of carbonyl (C=O) groups excluding carboxylic acids is 2. The number of esters is 2. The number of piperidine rings is 1. The van der Waals surface area contributed by atoms with E-state index in [0.717, 1.165) is 13.1 Å². The Balaban J connectivity index is 1.09. The van der Waals surface area contributed by atoms with Crippen LogP contribution in [0, 0.1) is 23.2 Å². The first-order valence-corrected chi connectivity index (χ1v) is 19.7. The van der Waals surface area contributed by atoms with E-state index in [4.69, 9.17) is 37.4 Å². The Morgan fingerprint density at radius 3 is 2.54 bits per heavy atom. The lowest BCUT2D eigenvalue weighted by molar-refractivity contribution is -0.269. The molecule has 0 radical (unpaired) electrons. The van der Waals surface area contributed by atoms with Gasteiger partial charge in [-0.1, -0.05) is 53.5 Å². The van der Waals surface area contributed by atoms with Crippen molar-refractivity contribution in [1.82, 2.24) is 4.90 Å². The highest BCUT2D eigenvalue weighted by atomic mass is 35.5. The summed E-state index contributed by atoms with van der Waals surface area (Å²) in [5, 5.41) is 16.9. The predicted molar refractivity (Wildman–Crippen MR) is 185 cm³/mol. The number of likely N-dealkylation sites (tertiary alicyclic amines) is 1. The van der Waals surface area contributed by atoms with Gasteiger partial charge in [0.2, 0.25) is 0 Å². The van der Waals surface area contributed by atoms with Gasteiger partial charge in [-0.25, -0.2) is 0 Å². The van der Waals surface area contributed by atoms with Crippen molar-refractivity contribution >= 4 is 54.1 Å². The third-order valence-corrected chi connectivity index (χ3v) is 12.9. The Labute approximate surface area is 299 Å². The van der Waals surface area contributed by atoms with Crippen molar-refractivity contribution in [1.29, 1.82) is 0 Å². The van der Waals surface area contributed by atoms with Crippen molar-refractivity contribution in [3.8, 4) is 0 Å². The van der Waals surface area contributed by atoms with Crippen molar-refractivity contribution < 1.29 is 43.3 Å². The van der Waals surface area contributed by atoms with Crippen LogP contribution >= 0.6 is 30.8 Å². The van der Waals surface area contributed by atoms with E-state index in [1.807, 2.05) is 24.3 Å². The maximum absolute atomic E-state index is 13.6. The van der Waals surface area contributed by atoms with Crippen molar-refractivity contribution in [3.05, 3.63) is 81.7 Å². The fraction of sp³-hybridized carbons (Fsp3) is 0.500. The molecule has 2 aromatic carbocycles. The monoisotopic (exact) mass is 744 g/mol. The van der Waals surface area contributed by atoms with Crippen LogP contribution < -0.4 is 5.32 Å². The van der Waals surface area contributed by atoms with Crippen LogP contribution in [0.1, 0.15) is 44.1 Å². The normalized spacial score (nSPS) is 32.6. The second-order valence-electron chi connectivity index (χ2n) is 14.6. The highest BCUT2D eigenvalue weighted by Crippen LogP contribution is 2.70. The molecule has 4 N–H and O–H groups in total. The van der Waals surface area contributed by atoms with Gasteiger partial charge in [-0.3, -0.25) is 19.1 Å². The van der Waals surface area contributed by atoms with Gasteiger partial charge in [-0.15, -0.1) is 0 Å². The molecule has 2 bridgehead atoms. The zero-order valence-corrected chi connectivity index (χ0v) is 29.6. The third-order valence-electron chi connectivity index (χ3n) is 11.6. The highest BCUT2D eigenvalue weighted by Gasteiger charge is 2.77.